The van der Waals surface area contributed by atoms with Gasteiger partial charge in [0.25, 0.3) is 0 Å². The summed E-state index contributed by atoms with van der Waals surface area (Å²) in [5, 5.41) is 0. The van der Waals surface area contributed by atoms with Crippen LogP contribution in [0.3, 0.4) is 0 Å². The van der Waals surface area contributed by atoms with Gasteiger partial charge >= 0.3 is 5.97 Å². The topological polar surface area (TPSA) is 82.4 Å². The lowest BCUT2D eigenvalue weighted by Gasteiger charge is -2.09. The lowest BCUT2D eigenvalue weighted by atomic mass is 10.1. The summed E-state index contributed by atoms with van der Waals surface area (Å²) in [5.74, 6) is -1.27. The lowest BCUT2D eigenvalue weighted by Crippen LogP contribution is -2.17. The fraction of sp³-hybridized carbons (Fsp3) is 0.368. The predicted octanol–water partition coefficient (Wildman–Crippen LogP) is 2.96. The van der Waals surface area contributed by atoms with E-state index < -0.39 is 22.4 Å². The molecule has 0 aliphatic heterocycles. The highest BCUT2D eigenvalue weighted by atomic mass is 32.2. The Balaban J connectivity index is 2.19. The van der Waals surface area contributed by atoms with E-state index in [4.69, 9.17) is 4.74 Å². The van der Waals surface area contributed by atoms with E-state index in [9.17, 15) is 18.0 Å². The molecule has 1 aromatic heterocycles. The summed E-state index contributed by atoms with van der Waals surface area (Å²) >= 11 is 0. The lowest BCUT2D eigenvalue weighted by molar-refractivity contribution is 0.0470. The molecular weight excluding hydrogens is 354 g/mol. The Morgan fingerprint density at radius 1 is 1.08 bits per heavy atom. The van der Waals surface area contributed by atoms with Crippen LogP contribution in [0.5, 0.6) is 0 Å². The molecule has 1 heterocycles. The van der Waals surface area contributed by atoms with Crippen molar-refractivity contribution in [3.8, 4) is 0 Å². The summed E-state index contributed by atoms with van der Waals surface area (Å²) < 4.78 is 31.4. The van der Waals surface area contributed by atoms with Gasteiger partial charge in [-0.05, 0) is 39.0 Å². The van der Waals surface area contributed by atoms with Crippen molar-refractivity contribution < 1.29 is 22.7 Å². The summed E-state index contributed by atoms with van der Waals surface area (Å²) in [7, 11) is -3.57. The van der Waals surface area contributed by atoms with E-state index in [0.717, 1.165) is 17.9 Å². The Labute approximate surface area is 153 Å². The predicted molar refractivity (Wildman–Crippen MR) is 98.4 cm³/mol. The largest absolute Gasteiger partial charge is 0.454 e. The van der Waals surface area contributed by atoms with Crippen LogP contribution in [0.4, 0.5) is 0 Å². The van der Waals surface area contributed by atoms with Crippen molar-refractivity contribution in [2.75, 3.05) is 12.4 Å². The zero-order valence-corrected chi connectivity index (χ0v) is 16.2. The third-order valence-electron chi connectivity index (χ3n) is 4.35. The standard InChI is InChI=1S/C19H23NO5S/c1-5-20-13(3)11-16(14(20)4)17(21)12-25-19(22)15-9-7-8-10-18(15)26(23,24)6-2/h7-11H,5-6,12H2,1-4H3. The summed E-state index contributed by atoms with van der Waals surface area (Å²) in [4.78, 5) is 24.7. The first-order valence-corrected chi connectivity index (χ1v) is 10.1. The van der Waals surface area contributed by atoms with Crippen LogP contribution in [-0.4, -0.2) is 37.1 Å². The third-order valence-corrected chi connectivity index (χ3v) is 6.13. The van der Waals surface area contributed by atoms with Gasteiger partial charge in [-0.1, -0.05) is 19.1 Å². The average molecular weight is 377 g/mol. The van der Waals surface area contributed by atoms with E-state index in [1.54, 1.807) is 18.2 Å². The van der Waals surface area contributed by atoms with Crippen LogP contribution in [0.1, 0.15) is 46.0 Å². The van der Waals surface area contributed by atoms with Crippen LogP contribution in [0.15, 0.2) is 35.2 Å². The maximum Gasteiger partial charge on any atom is 0.339 e. The van der Waals surface area contributed by atoms with Crippen LogP contribution >= 0.6 is 0 Å². The summed E-state index contributed by atoms with van der Waals surface area (Å²) in [5.41, 5.74) is 2.23. The van der Waals surface area contributed by atoms with Crippen LogP contribution in [0, 0.1) is 13.8 Å². The number of benzene rings is 1. The van der Waals surface area contributed by atoms with Crippen molar-refractivity contribution in [3.05, 3.63) is 52.8 Å². The van der Waals surface area contributed by atoms with E-state index in [1.165, 1.54) is 19.1 Å². The normalized spacial score (nSPS) is 11.4. The molecule has 0 saturated heterocycles. The molecule has 6 nitrogen and oxygen atoms in total. The van der Waals surface area contributed by atoms with Crippen molar-refractivity contribution in [1.29, 1.82) is 0 Å². The number of Topliss-reactive ketones (excluding diaryl/α,β-unsaturated/α-hetero) is 1. The van der Waals surface area contributed by atoms with Gasteiger partial charge in [-0.15, -0.1) is 0 Å². The smallest absolute Gasteiger partial charge is 0.339 e. The summed E-state index contributed by atoms with van der Waals surface area (Å²) in [6.07, 6.45) is 0. The van der Waals surface area contributed by atoms with Crippen LogP contribution < -0.4 is 0 Å². The first-order valence-electron chi connectivity index (χ1n) is 8.41. The minimum absolute atomic E-state index is 0.0545. The van der Waals surface area contributed by atoms with Gasteiger partial charge in [0.2, 0.25) is 5.78 Å². The number of aromatic nitrogens is 1. The highest BCUT2D eigenvalue weighted by molar-refractivity contribution is 7.91. The van der Waals surface area contributed by atoms with E-state index in [-0.39, 0.29) is 22.0 Å². The zero-order chi connectivity index (χ0) is 19.5. The molecular formula is C19H23NO5S. The molecule has 2 aromatic rings. The van der Waals surface area contributed by atoms with E-state index >= 15 is 0 Å². The number of rotatable bonds is 7. The number of esters is 1. The second-order valence-electron chi connectivity index (χ2n) is 5.93. The van der Waals surface area contributed by atoms with Crippen molar-refractivity contribution in [2.24, 2.45) is 0 Å². The number of ketones is 1. The van der Waals surface area contributed by atoms with Gasteiger partial charge < -0.3 is 9.30 Å². The van der Waals surface area contributed by atoms with Gasteiger partial charge in [0, 0.05) is 23.5 Å². The quantitative estimate of drug-likeness (QED) is 0.547. The van der Waals surface area contributed by atoms with Crippen LogP contribution in [0.25, 0.3) is 0 Å². The number of hydrogen-bond acceptors (Lipinski definition) is 5. The Morgan fingerprint density at radius 3 is 2.31 bits per heavy atom. The molecule has 0 saturated carbocycles. The molecule has 0 radical (unpaired) electrons. The van der Waals surface area contributed by atoms with Gasteiger partial charge in [0.1, 0.15) is 0 Å². The number of carbonyl (C=O) groups excluding carboxylic acids is 2. The van der Waals surface area contributed by atoms with Gasteiger partial charge in [0.05, 0.1) is 16.2 Å². The third kappa shape index (κ3) is 3.88. The number of nitrogens with zero attached hydrogens (tertiary/aromatic N) is 1. The second-order valence-corrected chi connectivity index (χ2v) is 8.17. The van der Waals surface area contributed by atoms with Gasteiger partial charge in [-0.25, -0.2) is 13.2 Å². The Morgan fingerprint density at radius 2 is 1.73 bits per heavy atom. The van der Waals surface area contributed by atoms with Crippen molar-refractivity contribution in [3.63, 3.8) is 0 Å². The molecule has 0 bridgehead atoms. The minimum atomic E-state index is -3.57. The van der Waals surface area contributed by atoms with Crippen molar-refractivity contribution in [2.45, 2.75) is 39.1 Å². The number of carbonyl (C=O) groups is 2. The second kappa shape index (κ2) is 7.86. The van der Waals surface area contributed by atoms with Crippen LogP contribution in [-0.2, 0) is 21.1 Å². The highest BCUT2D eigenvalue weighted by Gasteiger charge is 2.23. The maximum absolute atomic E-state index is 12.4. The maximum atomic E-state index is 12.4. The molecule has 140 valence electrons. The number of sulfone groups is 1. The molecule has 7 heteroatoms. The van der Waals surface area contributed by atoms with Crippen molar-refractivity contribution >= 4 is 21.6 Å². The van der Waals surface area contributed by atoms with Gasteiger partial charge in [0.15, 0.2) is 16.4 Å². The zero-order valence-electron chi connectivity index (χ0n) is 15.4. The molecule has 0 atom stereocenters. The number of ether oxygens (including phenoxy) is 1. The summed E-state index contributed by atoms with van der Waals surface area (Å²) in [6, 6.07) is 7.63. The fourth-order valence-corrected chi connectivity index (χ4v) is 4.00. The van der Waals surface area contributed by atoms with Gasteiger partial charge in [-0.3, -0.25) is 4.79 Å². The van der Waals surface area contributed by atoms with Gasteiger partial charge in [-0.2, -0.15) is 0 Å². The van der Waals surface area contributed by atoms with E-state index in [1.807, 2.05) is 25.3 Å². The highest BCUT2D eigenvalue weighted by Crippen LogP contribution is 2.19. The molecule has 0 amide bonds. The van der Waals surface area contributed by atoms with Crippen LogP contribution in [0.2, 0.25) is 0 Å². The summed E-state index contributed by atoms with van der Waals surface area (Å²) in [6.45, 7) is 7.55. The molecule has 26 heavy (non-hydrogen) atoms. The minimum Gasteiger partial charge on any atom is -0.454 e. The van der Waals surface area contributed by atoms with E-state index in [0.29, 0.717) is 5.56 Å². The first kappa shape index (κ1) is 19.9. The molecule has 0 aliphatic carbocycles. The number of aryl methyl sites for hydroxylation is 1. The average Bonchev–Trinajstić information content (AvgIpc) is 2.93. The Bertz CT molecular complexity index is 941. The molecule has 0 spiro atoms. The van der Waals surface area contributed by atoms with E-state index in [2.05, 4.69) is 0 Å². The molecule has 2 rings (SSSR count). The fourth-order valence-electron chi connectivity index (χ4n) is 2.92. The molecule has 0 fully saturated rings. The molecule has 0 aliphatic rings. The molecule has 1 aromatic carbocycles. The Kier molecular flexibility index (Phi) is 6.02. The van der Waals surface area contributed by atoms with Crippen molar-refractivity contribution in [1.82, 2.24) is 4.57 Å². The first-order chi connectivity index (χ1) is 12.2. The molecule has 0 N–H and O–H groups in total. The number of hydrogen-bond donors (Lipinski definition) is 0. The SMILES string of the molecule is CCn1c(C)cc(C(=O)COC(=O)c2ccccc2S(=O)(=O)CC)c1C. The Hall–Kier alpha value is -2.41. The molecule has 0 unspecified atom stereocenters. The monoisotopic (exact) mass is 377 g/mol.